The van der Waals surface area contributed by atoms with Gasteiger partial charge in [-0.1, -0.05) is 20.8 Å². The maximum absolute atomic E-state index is 3.85. The van der Waals surface area contributed by atoms with Gasteiger partial charge < -0.3 is 5.32 Å². The van der Waals surface area contributed by atoms with Gasteiger partial charge in [-0.25, -0.2) is 0 Å². The molecule has 1 atom stereocenters. The fourth-order valence-corrected chi connectivity index (χ4v) is 3.30. The summed E-state index contributed by atoms with van der Waals surface area (Å²) in [6, 6.07) is 1.36. The fourth-order valence-electron chi connectivity index (χ4n) is 3.30. The molecule has 0 saturated carbocycles. The molecule has 0 amide bonds. The van der Waals surface area contributed by atoms with Crippen molar-refractivity contribution in [2.45, 2.75) is 78.9 Å². The lowest BCUT2D eigenvalue weighted by molar-refractivity contribution is 0.213. The molecule has 1 N–H and O–H groups in total. The van der Waals surface area contributed by atoms with Crippen molar-refractivity contribution in [2.24, 2.45) is 5.41 Å². The van der Waals surface area contributed by atoms with Crippen molar-refractivity contribution in [1.29, 1.82) is 0 Å². The first-order valence-electron chi connectivity index (χ1n) is 7.11. The van der Waals surface area contributed by atoms with Crippen LogP contribution in [0.5, 0.6) is 0 Å². The summed E-state index contributed by atoms with van der Waals surface area (Å²) in [6.45, 7) is 18.7. The Balaban J connectivity index is 2.44. The van der Waals surface area contributed by atoms with Gasteiger partial charge in [-0.15, -0.1) is 0 Å². The van der Waals surface area contributed by atoms with Crippen LogP contribution in [0.25, 0.3) is 0 Å². The van der Waals surface area contributed by atoms with E-state index >= 15 is 0 Å². The molecule has 1 unspecified atom stereocenters. The van der Waals surface area contributed by atoms with Gasteiger partial charge in [0.15, 0.2) is 0 Å². The smallest absolute Gasteiger partial charge is 0.0212 e. The molecule has 1 heterocycles. The molecular formula is C15H32N2. The van der Waals surface area contributed by atoms with E-state index in [1.807, 2.05) is 0 Å². The summed E-state index contributed by atoms with van der Waals surface area (Å²) in [6.07, 6.45) is 2.52. The van der Waals surface area contributed by atoms with Crippen molar-refractivity contribution in [2.75, 3.05) is 13.1 Å². The molecule has 2 heteroatoms. The molecule has 0 aromatic heterocycles. The molecule has 17 heavy (non-hydrogen) atoms. The first-order chi connectivity index (χ1) is 7.59. The number of likely N-dealkylation sites (tertiary alicyclic amines) is 1. The lowest BCUT2D eigenvalue weighted by Gasteiger charge is -2.36. The van der Waals surface area contributed by atoms with Crippen molar-refractivity contribution in [3.63, 3.8) is 0 Å². The van der Waals surface area contributed by atoms with Crippen LogP contribution < -0.4 is 5.32 Å². The monoisotopic (exact) mass is 240 g/mol. The lowest BCUT2D eigenvalue weighted by Crippen LogP contribution is -2.49. The maximum Gasteiger partial charge on any atom is 0.0212 e. The standard InChI is InChI=1S/C15H32N2/c1-12(2)17-9-8-13(10-17)16-15(6,7)11-14(3,4)5/h12-13,16H,8-11H2,1-7H3. The van der Waals surface area contributed by atoms with Crippen LogP contribution in [0, 0.1) is 5.41 Å². The van der Waals surface area contributed by atoms with E-state index in [2.05, 4.69) is 58.7 Å². The molecular weight excluding hydrogens is 208 g/mol. The van der Waals surface area contributed by atoms with Gasteiger partial charge in [-0.05, 0) is 52.5 Å². The molecule has 1 saturated heterocycles. The van der Waals surface area contributed by atoms with Gasteiger partial charge in [0.1, 0.15) is 0 Å². The van der Waals surface area contributed by atoms with Crippen LogP contribution in [-0.4, -0.2) is 35.6 Å². The van der Waals surface area contributed by atoms with Crippen molar-refractivity contribution in [3.05, 3.63) is 0 Å². The number of nitrogens with zero attached hydrogens (tertiary/aromatic N) is 1. The van der Waals surface area contributed by atoms with E-state index in [9.17, 15) is 0 Å². The Hall–Kier alpha value is -0.0800. The molecule has 1 aliphatic rings. The second-order valence-electron chi connectivity index (χ2n) is 7.84. The van der Waals surface area contributed by atoms with Crippen molar-refractivity contribution < 1.29 is 0 Å². The zero-order valence-corrected chi connectivity index (χ0v) is 12.9. The minimum atomic E-state index is 0.246. The highest BCUT2D eigenvalue weighted by molar-refractivity contribution is 4.91. The van der Waals surface area contributed by atoms with E-state index in [0.717, 1.165) is 0 Å². The molecule has 1 fully saturated rings. The van der Waals surface area contributed by atoms with Crippen molar-refractivity contribution in [1.82, 2.24) is 10.2 Å². The first kappa shape index (κ1) is 15.0. The first-order valence-corrected chi connectivity index (χ1v) is 7.11. The maximum atomic E-state index is 3.85. The third-order valence-corrected chi connectivity index (χ3v) is 3.52. The van der Waals surface area contributed by atoms with E-state index in [1.165, 1.54) is 25.9 Å². The van der Waals surface area contributed by atoms with E-state index in [-0.39, 0.29) is 5.54 Å². The normalized spacial score (nSPS) is 23.6. The van der Waals surface area contributed by atoms with Crippen LogP contribution in [0.2, 0.25) is 0 Å². The largest absolute Gasteiger partial charge is 0.308 e. The van der Waals surface area contributed by atoms with Gasteiger partial charge in [0.25, 0.3) is 0 Å². The third-order valence-electron chi connectivity index (χ3n) is 3.52. The predicted octanol–water partition coefficient (Wildman–Crippen LogP) is 3.27. The van der Waals surface area contributed by atoms with Gasteiger partial charge in [-0.2, -0.15) is 0 Å². The summed E-state index contributed by atoms with van der Waals surface area (Å²) in [5.41, 5.74) is 0.642. The van der Waals surface area contributed by atoms with E-state index in [0.29, 0.717) is 17.5 Å². The summed E-state index contributed by atoms with van der Waals surface area (Å²) >= 11 is 0. The molecule has 0 aromatic carbocycles. The van der Waals surface area contributed by atoms with Crippen molar-refractivity contribution in [3.8, 4) is 0 Å². The summed E-state index contributed by atoms with van der Waals surface area (Å²) < 4.78 is 0. The summed E-state index contributed by atoms with van der Waals surface area (Å²) in [4.78, 5) is 2.57. The molecule has 0 spiro atoms. The van der Waals surface area contributed by atoms with Crippen LogP contribution in [0.1, 0.15) is 61.3 Å². The van der Waals surface area contributed by atoms with Gasteiger partial charge in [0.2, 0.25) is 0 Å². The molecule has 1 aliphatic heterocycles. The minimum Gasteiger partial charge on any atom is -0.308 e. The summed E-state index contributed by atoms with van der Waals surface area (Å²) in [5, 5.41) is 3.85. The second kappa shape index (κ2) is 5.27. The topological polar surface area (TPSA) is 15.3 Å². The van der Waals surface area contributed by atoms with Gasteiger partial charge in [0.05, 0.1) is 0 Å². The minimum absolute atomic E-state index is 0.246. The SMILES string of the molecule is CC(C)N1CCC(NC(C)(C)CC(C)(C)C)C1. The Morgan fingerprint density at radius 3 is 2.18 bits per heavy atom. The number of nitrogens with one attached hydrogen (secondary N) is 1. The molecule has 2 nitrogen and oxygen atoms in total. The summed E-state index contributed by atoms with van der Waals surface area (Å²) in [5.74, 6) is 0. The third kappa shape index (κ3) is 5.39. The van der Waals surface area contributed by atoms with E-state index < -0.39 is 0 Å². The molecule has 102 valence electrons. The highest BCUT2D eigenvalue weighted by atomic mass is 15.2. The van der Waals surface area contributed by atoms with Crippen LogP contribution in [-0.2, 0) is 0 Å². The zero-order chi connectivity index (χ0) is 13.3. The Morgan fingerprint density at radius 2 is 1.76 bits per heavy atom. The quantitative estimate of drug-likeness (QED) is 0.811. The average molecular weight is 240 g/mol. The van der Waals surface area contributed by atoms with Crippen LogP contribution in [0.15, 0.2) is 0 Å². The molecule has 0 aromatic rings. The van der Waals surface area contributed by atoms with Gasteiger partial charge in [-0.3, -0.25) is 4.90 Å². The van der Waals surface area contributed by atoms with Crippen LogP contribution >= 0.6 is 0 Å². The van der Waals surface area contributed by atoms with Gasteiger partial charge in [0, 0.05) is 24.2 Å². The molecule has 0 radical (unpaired) electrons. The predicted molar refractivity (Wildman–Crippen MR) is 76.4 cm³/mol. The molecule has 0 aliphatic carbocycles. The van der Waals surface area contributed by atoms with E-state index in [4.69, 9.17) is 0 Å². The highest BCUT2D eigenvalue weighted by Crippen LogP contribution is 2.28. The Labute approximate surface area is 108 Å². The molecule has 1 rings (SSSR count). The van der Waals surface area contributed by atoms with Crippen LogP contribution in [0.3, 0.4) is 0 Å². The van der Waals surface area contributed by atoms with Crippen LogP contribution in [0.4, 0.5) is 0 Å². The lowest BCUT2D eigenvalue weighted by atomic mass is 9.81. The Bertz CT molecular complexity index is 238. The van der Waals surface area contributed by atoms with E-state index in [1.54, 1.807) is 0 Å². The van der Waals surface area contributed by atoms with Crippen molar-refractivity contribution >= 4 is 0 Å². The number of hydrogen-bond donors (Lipinski definition) is 1. The summed E-state index contributed by atoms with van der Waals surface area (Å²) in [7, 11) is 0. The average Bonchev–Trinajstić information content (AvgIpc) is 2.46. The highest BCUT2D eigenvalue weighted by Gasteiger charge is 2.31. The molecule has 0 bridgehead atoms. The zero-order valence-electron chi connectivity index (χ0n) is 12.9. The fraction of sp³-hybridized carbons (Fsp3) is 1.00. The number of rotatable bonds is 4. The second-order valence-corrected chi connectivity index (χ2v) is 7.84. The van der Waals surface area contributed by atoms with Gasteiger partial charge >= 0.3 is 0 Å². The Morgan fingerprint density at radius 1 is 1.18 bits per heavy atom. The number of hydrogen-bond acceptors (Lipinski definition) is 2. The Kier molecular flexibility index (Phi) is 4.65.